The topological polar surface area (TPSA) is 110 Å². The average Bonchev–Trinajstić information content (AvgIpc) is 3.44. The number of nitrogens with two attached hydrogens (primary N) is 1. The zero-order valence-corrected chi connectivity index (χ0v) is 19.5. The maximum Gasteiger partial charge on any atom is 0.419 e. The van der Waals surface area contributed by atoms with Crippen LogP contribution in [0.5, 0.6) is 0 Å². The van der Waals surface area contributed by atoms with Crippen LogP contribution in [-0.4, -0.2) is 52.3 Å². The molecule has 0 radical (unpaired) electrons. The lowest BCUT2D eigenvalue weighted by Gasteiger charge is -2.36. The molecule has 1 amide bonds. The molecule has 0 spiro atoms. The van der Waals surface area contributed by atoms with Crippen molar-refractivity contribution >= 4 is 12.1 Å². The number of allylic oxidation sites excluding steroid dienone is 1. The summed E-state index contributed by atoms with van der Waals surface area (Å²) in [6.07, 6.45) is -0.197. The summed E-state index contributed by atoms with van der Waals surface area (Å²) in [5, 5.41) is 2.95. The first-order valence-electron chi connectivity index (χ1n) is 11.2. The van der Waals surface area contributed by atoms with Crippen LogP contribution >= 0.6 is 0 Å². The summed E-state index contributed by atoms with van der Waals surface area (Å²) in [6, 6.07) is 3.37. The van der Waals surface area contributed by atoms with E-state index < -0.39 is 11.7 Å². The second-order valence-electron chi connectivity index (χ2n) is 8.95. The van der Waals surface area contributed by atoms with E-state index in [0.717, 1.165) is 12.8 Å². The molecule has 4 rings (SSSR count). The number of rotatable bonds is 7. The van der Waals surface area contributed by atoms with Gasteiger partial charge in [-0.05, 0) is 50.7 Å². The van der Waals surface area contributed by atoms with Crippen molar-refractivity contribution in [1.82, 2.24) is 20.2 Å². The smallest absolute Gasteiger partial charge is 0.419 e. The number of piperidine rings is 1. The molecule has 3 heterocycles. The van der Waals surface area contributed by atoms with Gasteiger partial charge in [0.05, 0.1) is 16.8 Å². The van der Waals surface area contributed by atoms with Gasteiger partial charge in [-0.25, -0.2) is 15.0 Å². The molecule has 0 aromatic carbocycles. The van der Waals surface area contributed by atoms with Gasteiger partial charge in [-0.1, -0.05) is 6.58 Å². The summed E-state index contributed by atoms with van der Waals surface area (Å²) in [5.41, 5.74) is 6.12. The predicted molar refractivity (Wildman–Crippen MR) is 124 cm³/mol. The van der Waals surface area contributed by atoms with Crippen molar-refractivity contribution < 1.29 is 22.4 Å². The average molecular weight is 489 g/mol. The van der Waals surface area contributed by atoms with E-state index in [4.69, 9.17) is 10.2 Å². The number of fused-ring (bicyclic) bond motifs is 1. The van der Waals surface area contributed by atoms with Gasteiger partial charge in [0, 0.05) is 37.2 Å². The van der Waals surface area contributed by atoms with Crippen molar-refractivity contribution in [2.45, 2.75) is 38.9 Å². The van der Waals surface area contributed by atoms with Crippen LogP contribution < -0.4 is 11.1 Å². The SMILES string of the molecule is C=C(N=C/C(=C\N)C(F)(F)F)NC[C@@H]1C[C@H]2C[C@H]2CN1C(=O)c1nc(C)ccc1-c1nc(C)co1. The Bertz CT molecular complexity index is 1190. The van der Waals surface area contributed by atoms with E-state index in [1.807, 2.05) is 0 Å². The van der Waals surface area contributed by atoms with Crippen molar-refractivity contribution in [2.75, 3.05) is 13.1 Å². The molecule has 2 aromatic heterocycles. The van der Waals surface area contributed by atoms with Gasteiger partial charge in [0.2, 0.25) is 5.89 Å². The number of aliphatic imine (C=N–C) groups is 1. The molecule has 2 aromatic rings. The highest BCUT2D eigenvalue weighted by Gasteiger charge is 2.47. The van der Waals surface area contributed by atoms with E-state index in [-0.39, 0.29) is 30.0 Å². The Balaban J connectivity index is 1.51. The second kappa shape index (κ2) is 9.55. The zero-order valence-electron chi connectivity index (χ0n) is 19.5. The number of hydrogen-bond donors (Lipinski definition) is 2. The van der Waals surface area contributed by atoms with Crippen LogP contribution in [0, 0.1) is 25.7 Å². The third-order valence-corrected chi connectivity index (χ3v) is 6.27. The monoisotopic (exact) mass is 488 g/mol. The van der Waals surface area contributed by atoms with Crippen LogP contribution in [0.4, 0.5) is 13.2 Å². The van der Waals surface area contributed by atoms with E-state index in [9.17, 15) is 18.0 Å². The largest absolute Gasteiger partial charge is 0.444 e. The number of hydrogen-bond acceptors (Lipinski definition) is 7. The van der Waals surface area contributed by atoms with E-state index in [1.54, 1.807) is 30.9 Å². The quantitative estimate of drug-likeness (QED) is 0.575. The summed E-state index contributed by atoms with van der Waals surface area (Å²) in [5.74, 6) is 1.10. The number of carbonyl (C=O) groups is 1. The van der Waals surface area contributed by atoms with Crippen LogP contribution in [0.15, 0.2) is 52.0 Å². The van der Waals surface area contributed by atoms with E-state index in [1.165, 1.54) is 6.26 Å². The molecular weight excluding hydrogens is 461 g/mol. The number of nitrogens with zero attached hydrogens (tertiary/aromatic N) is 4. The van der Waals surface area contributed by atoms with Crippen LogP contribution in [0.1, 0.15) is 34.7 Å². The van der Waals surface area contributed by atoms with E-state index in [2.05, 4.69) is 26.9 Å². The molecule has 2 aliphatic rings. The Hall–Kier alpha value is -3.63. The minimum absolute atomic E-state index is 0.0450. The number of halogens is 3. The number of aromatic nitrogens is 2. The maximum atomic E-state index is 13.7. The lowest BCUT2D eigenvalue weighted by Crippen LogP contribution is -2.49. The first kappa shape index (κ1) is 24.5. The zero-order chi connectivity index (χ0) is 25.3. The van der Waals surface area contributed by atoms with Crippen LogP contribution in [0.3, 0.4) is 0 Å². The Labute approximate surface area is 200 Å². The Morgan fingerprint density at radius 3 is 2.71 bits per heavy atom. The molecule has 3 N–H and O–H groups in total. The number of aryl methyl sites for hydroxylation is 2. The number of nitrogens with one attached hydrogen (secondary N) is 1. The summed E-state index contributed by atoms with van der Waals surface area (Å²) >= 11 is 0. The van der Waals surface area contributed by atoms with Gasteiger partial charge < -0.3 is 20.4 Å². The van der Waals surface area contributed by atoms with Gasteiger partial charge >= 0.3 is 6.18 Å². The van der Waals surface area contributed by atoms with Crippen molar-refractivity contribution in [3.8, 4) is 11.5 Å². The molecule has 8 nitrogen and oxygen atoms in total. The number of likely N-dealkylation sites (tertiary alicyclic amines) is 1. The molecule has 11 heteroatoms. The van der Waals surface area contributed by atoms with Crippen LogP contribution in [-0.2, 0) is 0 Å². The summed E-state index contributed by atoms with van der Waals surface area (Å²) in [7, 11) is 0. The highest BCUT2D eigenvalue weighted by Crippen LogP contribution is 2.47. The lowest BCUT2D eigenvalue weighted by atomic mass is 10.0. The second-order valence-corrected chi connectivity index (χ2v) is 8.95. The fraction of sp³-hybridized carbons (Fsp3) is 0.417. The Morgan fingerprint density at radius 2 is 2.06 bits per heavy atom. The van der Waals surface area contributed by atoms with E-state index in [0.29, 0.717) is 53.6 Å². The molecule has 1 saturated carbocycles. The van der Waals surface area contributed by atoms with Gasteiger partial charge in [0.1, 0.15) is 17.8 Å². The fourth-order valence-electron chi connectivity index (χ4n) is 4.29. The van der Waals surface area contributed by atoms with Crippen molar-refractivity contribution in [2.24, 2.45) is 22.6 Å². The predicted octanol–water partition coefficient (Wildman–Crippen LogP) is 3.74. The fourth-order valence-corrected chi connectivity index (χ4v) is 4.29. The third-order valence-electron chi connectivity index (χ3n) is 6.27. The van der Waals surface area contributed by atoms with Crippen LogP contribution in [0.25, 0.3) is 11.5 Å². The van der Waals surface area contributed by atoms with Crippen molar-refractivity contribution in [3.63, 3.8) is 0 Å². The highest BCUT2D eigenvalue weighted by atomic mass is 19.4. The molecular formula is C24H27F3N6O2. The summed E-state index contributed by atoms with van der Waals surface area (Å²) in [6.45, 7) is 8.15. The van der Waals surface area contributed by atoms with Gasteiger partial charge in [-0.15, -0.1) is 0 Å². The molecule has 3 atom stereocenters. The molecule has 186 valence electrons. The molecule has 0 unspecified atom stereocenters. The third kappa shape index (κ3) is 5.55. The van der Waals surface area contributed by atoms with Gasteiger partial charge in [0.15, 0.2) is 0 Å². The van der Waals surface area contributed by atoms with Crippen molar-refractivity contribution in [1.29, 1.82) is 0 Å². The highest BCUT2D eigenvalue weighted by molar-refractivity contribution is 5.98. The lowest BCUT2D eigenvalue weighted by molar-refractivity contribution is -0.0857. The number of carbonyl (C=O) groups excluding carboxylic acids is 1. The first-order valence-corrected chi connectivity index (χ1v) is 11.2. The minimum Gasteiger partial charge on any atom is -0.444 e. The number of amides is 1. The standard InChI is InChI=1S/C24H27F3N6O2/c1-13-4-5-20(22-32-14(2)12-35-22)21(31-13)23(34)33-11-17-6-16(17)7-19(33)10-30-15(3)29-9-18(8-28)24(25,26)27/h4-5,8-9,12,16-17,19,30H,3,6-7,10-11,28H2,1-2H3/b18-8+,29-9?/t16-,17+,19+/m1/s1. The van der Waals surface area contributed by atoms with Gasteiger partial charge in [-0.2, -0.15) is 13.2 Å². The molecule has 1 aliphatic carbocycles. The number of pyridine rings is 1. The molecule has 35 heavy (non-hydrogen) atoms. The van der Waals surface area contributed by atoms with Gasteiger partial charge in [0.25, 0.3) is 5.91 Å². The minimum atomic E-state index is -4.61. The summed E-state index contributed by atoms with van der Waals surface area (Å²) in [4.78, 5) is 28.1. The Morgan fingerprint density at radius 1 is 1.29 bits per heavy atom. The van der Waals surface area contributed by atoms with E-state index >= 15 is 0 Å². The maximum absolute atomic E-state index is 13.7. The number of alkyl halides is 3. The Kier molecular flexibility index (Phi) is 6.68. The van der Waals surface area contributed by atoms with Crippen LogP contribution in [0.2, 0.25) is 0 Å². The first-order chi connectivity index (χ1) is 16.6. The van der Waals surface area contributed by atoms with Gasteiger partial charge in [-0.3, -0.25) is 4.79 Å². The molecule has 1 aliphatic heterocycles. The number of oxazole rings is 1. The molecule has 0 bridgehead atoms. The summed E-state index contributed by atoms with van der Waals surface area (Å²) < 4.78 is 44.0. The molecule has 2 fully saturated rings. The molecule has 1 saturated heterocycles. The normalized spacial score (nSPS) is 22.3. The van der Waals surface area contributed by atoms with Crippen molar-refractivity contribution in [3.05, 3.63) is 59.7 Å².